The molecule has 3 N–H and O–H groups in total. The first-order valence-electron chi connectivity index (χ1n) is 3.96. The Labute approximate surface area is 87.1 Å². The van der Waals surface area contributed by atoms with Crippen LogP contribution in [0, 0.1) is 11.6 Å². The van der Waals surface area contributed by atoms with E-state index in [2.05, 4.69) is 0 Å². The average molecular weight is 224 g/mol. The van der Waals surface area contributed by atoms with E-state index in [9.17, 15) is 8.78 Å². The van der Waals surface area contributed by atoms with Crippen LogP contribution in [-0.4, -0.2) is 11.7 Å². The molecule has 0 radical (unpaired) electrons. The Bertz CT molecular complexity index is 276. The summed E-state index contributed by atoms with van der Waals surface area (Å²) >= 11 is 0. The lowest BCUT2D eigenvalue weighted by Crippen LogP contribution is -2.12. The minimum Gasteiger partial charge on any atom is -0.396 e. The van der Waals surface area contributed by atoms with E-state index in [1.165, 1.54) is 12.1 Å². The SMILES string of the molecule is Cl.N[C@@H](CCO)c1cc(F)cc(F)c1. The van der Waals surface area contributed by atoms with Crippen molar-refractivity contribution < 1.29 is 13.9 Å². The van der Waals surface area contributed by atoms with Gasteiger partial charge in [0, 0.05) is 18.7 Å². The highest BCUT2D eigenvalue weighted by Gasteiger charge is 2.07. The van der Waals surface area contributed by atoms with Gasteiger partial charge >= 0.3 is 0 Å². The molecule has 2 nitrogen and oxygen atoms in total. The summed E-state index contributed by atoms with van der Waals surface area (Å²) in [6.07, 6.45) is 0.295. The van der Waals surface area contributed by atoms with Crippen molar-refractivity contribution in [3.05, 3.63) is 35.4 Å². The highest BCUT2D eigenvalue weighted by atomic mass is 35.5. The minimum atomic E-state index is -0.650. The minimum absolute atomic E-state index is 0. The molecule has 80 valence electrons. The van der Waals surface area contributed by atoms with Gasteiger partial charge in [-0.05, 0) is 24.1 Å². The first-order valence-corrected chi connectivity index (χ1v) is 3.96. The van der Waals surface area contributed by atoms with Gasteiger partial charge in [-0.3, -0.25) is 0 Å². The van der Waals surface area contributed by atoms with Gasteiger partial charge < -0.3 is 10.8 Å². The van der Waals surface area contributed by atoms with Crippen LogP contribution in [0.2, 0.25) is 0 Å². The molecule has 0 aliphatic carbocycles. The zero-order valence-corrected chi connectivity index (χ0v) is 8.23. The molecule has 1 aromatic carbocycles. The second-order valence-electron chi connectivity index (χ2n) is 2.82. The zero-order valence-electron chi connectivity index (χ0n) is 7.41. The Morgan fingerprint density at radius 3 is 2.14 bits per heavy atom. The predicted molar refractivity (Wildman–Crippen MR) is 52.2 cm³/mol. The molecular weight excluding hydrogens is 212 g/mol. The number of aliphatic hydroxyl groups excluding tert-OH is 1. The number of hydrogen-bond acceptors (Lipinski definition) is 2. The maximum Gasteiger partial charge on any atom is 0.126 e. The van der Waals surface area contributed by atoms with Crippen LogP contribution in [0.5, 0.6) is 0 Å². The fourth-order valence-electron chi connectivity index (χ4n) is 1.09. The molecule has 0 saturated heterocycles. The van der Waals surface area contributed by atoms with E-state index in [0.717, 1.165) is 6.07 Å². The van der Waals surface area contributed by atoms with Crippen molar-refractivity contribution in [2.75, 3.05) is 6.61 Å². The first-order chi connectivity index (χ1) is 6.13. The Balaban J connectivity index is 0.00000169. The smallest absolute Gasteiger partial charge is 0.126 e. The Hall–Kier alpha value is -0.710. The summed E-state index contributed by atoms with van der Waals surface area (Å²) < 4.78 is 25.3. The van der Waals surface area contributed by atoms with Crippen molar-refractivity contribution in [2.24, 2.45) is 5.73 Å². The van der Waals surface area contributed by atoms with Gasteiger partial charge in [-0.25, -0.2) is 8.78 Å². The fraction of sp³-hybridized carbons (Fsp3) is 0.333. The molecule has 0 aromatic heterocycles. The van der Waals surface area contributed by atoms with Gasteiger partial charge in [0.2, 0.25) is 0 Å². The van der Waals surface area contributed by atoms with Gasteiger partial charge in [0.25, 0.3) is 0 Å². The van der Waals surface area contributed by atoms with Gasteiger partial charge in [0.15, 0.2) is 0 Å². The van der Waals surface area contributed by atoms with Crippen molar-refractivity contribution >= 4 is 12.4 Å². The monoisotopic (exact) mass is 223 g/mol. The Morgan fingerprint density at radius 2 is 1.71 bits per heavy atom. The van der Waals surface area contributed by atoms with Crippen LogP contribution >= 0.6 is 12.4 Å². The summed E-state index contributed by atoms with van der Waals surface area (Å²) in [7, 11) is 0. The highest BCUT2D eigenvalue weighted by molar-refractivity contribution is 5.85. The molecule has 0 unspecified atom stereocenters. The molecule has 0 fully saturated rings. The largest absolute Gasteiger partial charge is 0.396 e. The van der Waals surface area contributed by atoms with Crippen LogP contribution in [0.15, 0.2) is 18.2 Å². The third kappa shape index (κ3) is 3.57. The van der Waals surface area contributed by atoms with Crippen molar-refractivity contribution in [1.29, 1.82) is 0 Å². The fourth-order valence-corrected chi connectivity index (χ4v) is 1.09. The third-order valence-electron chi connectivity index (χ3n) is 1.75. The summed E-state index contributed by atoms with van der Waals surface area (Å²) in [5.41, 5.74) is 5.92. The molecule has 0 bridgehead atoms. The zero-order chi connectivity index (χ0) is 9.84. The molecule has 14 heavy (non-hydrogen) atoms. The van der Waals surface area contributed by atoms with E-state index >= 15 is 0 Å². The summed E-state index contributed by atoms with van der Waals surface area (Å²) in [5, 5.41) is 8.57. The lowest BCUT2D eigenvalue weighted by molar-refractivity contribution is 0.276. The molecule has 0 aliphatic heterocycles. The molecular formula is C9H12ClF2NO. The number of halogens is 3. The van der Waals surface area contributed by atoms with E-state index < -0.39 is 17.7 Å². The third-order valence-corrected chi connectivity index (χ3v) is 1.75. The van der Waals surface area contributed by atoms with Gasteiger partial charge in [0.1, 0.15) is 11.6 Å². The lowest BCUT2D eigenvalue weighted by atomic mass is 10.1. The van der Waals surface area contributed by atoms with Gasteiger partial charge in [-0.2, -0.15) is 0 Å². The topological polar surface area (TPSA) is 46.2 Å². The maximum absolute atomic E-state index is 12.7. The molecule has 1 rings (SSSR count). The average Bonchev–Trinajstić information content (AvgIpc) is 2.03. The van der Waals surface area contributed by atoms with Crippen LogP contribution in [0.3, 0.4) is 0 Å². The first kappa shape index (κ1) is 13.3. The molecule has 0 heterocycles. The van der Waals surface area contributed by atoms with Crippen molar-refractivity contribution in [1.82, 2.24) is 0 Å². The van der Waals surface area contributed by atoms with Gasteiger partial charge in [-0.15, -0.1) is 12.4 Å². The maximum atomic E-state index is 12.7. The van der Waals surface area contributed by atoms with Gasteiger partial charge in [-0.1, -0.05) is 0 Å². The van der Waals surface area contributed by atoms with Crippen LogP contribution < -0.4 is 5.73 Å². The van der Waals surface area contributed by atoms with Crippen LogP contribution in [0.25, 0.3) is 0 Å². The molecule has 1 atom stereocenters. The van der Waals surface area contributed by atoms with Crippen molar-refractivity contribution in [3.63, 3.8) is 0 Å². The van der Waals surface area contributed by atoms with E-state index in [-0.39, 0.29) is 19.0 Å². The second-order valence-corrected chi connectivity index (χ2v) is 2.82. The Kier molecular flexibility index (Phi) is 5.60. The normalized spacial score (nSPS) is 12.0. The lowest BCUT2D eigenvalue weighted by Gasteiger charge is -2.10. The van der Waals surface area contributed by atoms with Crippen molar-refractivity contribution in [2.45, 2.75) is 12.5 Å². The summed E-state index contributed by atoms with van der Waals surface area (Å²) in [5.74, 6) is -1.30. The standard InChI is InChI=1S/C9H11F2NO.ClH/c10-7-3-6(4-8(11)5-7)9(12)1-2-13;/h3-5,9,13H,1-2,12H2;1H/t9-;/m0./s1. The van der Waals surface area contributed by atoms with Crippen LogP contribution in [0.1, 0.15) is 18.0 Å². The number of aliphatic hydroxyl groups is 1. The number of hydrogen-bond donors (Lipinski definition) is 2. The van der Waals surface area contributed by atoms with E-state index in [1.54, 1.807) is 0 Å². The summed E-state index contributed by atoms with van der Waals surface area (Å²) in [4.78, 5) is 0. The molecule has 0 aliphatic rings. The number of nitrogens with two attached hydrogens (primary N) is 1. The quantitative estimate of drug-likeness (QED) is 0.821. The van der Waals surface area contributed by atoms with Gasteiger partial charge in [0.05, 0.1) is 0 Å². The molecule has 0 saturated carbocycles. The molecule has 0 amide bonds. The van der Waals surface area contributed by atoms with E-state index in [0.29, 0.717) is 12.0 Å². The van der Waals surface area contributed by atoms with E-state index in [1.807, 2.05) is 0 Å². The van der Waals surface area contributed by atoms with E-state index in [4.69, 9.17) is 10.8 Å². The Morgan fingerprint density at radius 1 is 1.21 bits per heavy atom. The highest BCUT2D eigenvalue weighted by Crippen LogP contribution is 2.16. The summed E-state index contributed by atoms with van der Waals surface area (Å²) in [6, 6.07) is 2.61. The number of benzene rings is 1. The van der Waals surface area contributed by atoms with Crippen LogP contribution in [-0.2, 0) is 0 Å². The summed E-state index contributed by atoms with van der Waals surface area (Å²) in [6.45, 7) is -0.0979. The predicted octanol–water partition coefficient (Wildman–Crippen LogP) is 1.77. The molecule has 1 aromatic rings. The van der Waals surface area contributed by atoms with Crippen LogP contribution in [0.4, 0.5) is 8.78 Å². The number of rotatable bonds is 3. The second kappa shape index (κ2) is 5.90. The van der Waals surface area contributed by atoms with Crippen molar-refractivity contribution in [3.8, 4) is 0 Å². The molecule has 5 heteroatoms. The molecule has 0 spiro atoms.